The van der Waals surface area contributed by atoms with E-state index in [2.05, 4.69) is 34.7 Å². The molecule has 0 atom stereocenters. The summed E-state index contributed by atoms with van der Waals surface area (Å²) in [7, 11) is 0. The zero-order valence-corrected chi connectivity index (χ0v) is 10.7. The van der Waals surface area contributed by atoms with Crippen molar-refractivity contribution in [2.45, 2.75) is 0 Å². The highest BCUT2D eigenvalue weighted by atomic mass is 16.5. The van der Waals surface area contributed by atoms with Crippen LogP contribution in [0, 0.1) is 0 Å². The second kappa shape index (κ2) is 8.68. The Hall–Kier alpha value is -2.37. The van der Waals surface area contributed by atoms with E-state index >= 15 is 0 Å². The summed E-state index contributed by atoms with van der Waals surface area (Å²) in [6.07, 6.45) is 4.81. The molecule has 0 radical (unpaired) electrons. The molecule has 0 aromatic carbocycles. The van der Waals surface area contributed by atoms with Gasteiger partial charge in [0.2, 0.25) is 5.90 Å². The van der Waals surface area contributed by atoms with E-state index in [1.807, 2.05) is 0 Å². The fourth-order valence-corrected chi connectivity index (χ4v) is 1.06. The van der Waals surface area contributed by atoms with E-state index < -0.39 is 0 Å². The van der Waals surface area contributed by atoms with E-state index in [1.165, 1.54) is 0 Å². The number of hydrogen-bond donors (Lipinski definition) is 0. The Kier molecular flexibility index (Phi) is 6.71. The first-order valence-electron chi connectivity index (χ1n) is 5.72. The number of ether oxygens (including phenoxy) is 3. The molecule has 0 unspecified atom stereocenters. The Labute approximate surface area is 112 Å². The Bertz CT molecular complexity index is 425. The van der Waals surface area contributed by atoms with Crippen LogP contribution in [0.25, 0.3) is 0 Å². The highest BCUT2D eigenvalue weighted by Crippen LogP contribution is 2.00. The van der Waals surface area contributed by atoms with Crippen LogP contribution in [-0.2, 0) is 14.2 Å². The van der Waals surface area contributed by atoms with Gasteiger partial charge in [-0.05, 0) is 0 Å². The van der Waals surface area contributed by atoms with Gasteiger partial charge in [-0.15, -0.1) is 4.99 Å². The second-order valence-corrected chi connectivity index (χ2v) is 3.30. The van der Waals surface area contributed by atoms with Crippen LogP contribution < -0.4 is 0 Å². The predicted octanol–water partition coefficient (Wildman–Crippen LogP) is 1.72. The largest absolute Gasteiger partial charge is 0.475 e. The fraction of sp³-hybridized carbons (Fsp3) is 0.308. The molecule has 1 heterocycles. The monoisotopic (exact) mass is 263 g/mol. The topological polar surface area (TPSA) is 64.8 Å². The Morgan fingerprint density at radius 1 is 0.842 bits per heavy atom. The van der Waals surface area contributed by atoms with Crippen LogP contribution in [0.4, 0.5) is 0 Å². The van der Waals surface area contributed by atoms with Crippen LogP contribution in [0.5, 0.6) is 0 Å². The summed E-state index contributed by atoms with van der Waals surface area (Å²) in [5, 5.41) is 0. The van der Waals surface area contributed by atoms with Gasteiger partial charge >= 0.3 is 12.0 Å². The van der Waals surface area contributed by atoms with Crippen LogP contribution in [0.1, 0.15) is 0 Å². The zero-order chi connectivity index (χ0) is 13.9. The van der Waals surface area contributed by atoms with Crippen molar-refractivity contribution in [3.05, 3.63) is 38.0 Å². The predicted molar refractivity (Wildman–Crippen MR) is 75.6 cm³/mol. The first-order valence-corrected chi connectivity index (χ1v) is 5.72. The molecule has 0 fully saturated rings. The van der Waals surface area contributed by atoms with Crippen molar-refractivity contribution in [3.63, 3.8) is 0 Å². The van der Waals surface area contributed by atoms with E-state index in [0.29, 0.717) is 19.1 Å². The summed E-state index contributed by atoms with van der Waals surface area (Å²) in [6.45, 7) is 11.8. The van der Waals surface area contributed by atoms with Gasteiger partial charge in [0, 0.05) is 0 Å². The van der Waals surface area contributed by atoms with Gasteiger partial charge in [-0.3, -0.25) is 0 Å². The van der Waals surface area contributed by atoms with Gasteiger partial charge in [-0.25, -0.2) is 4.99 Å². The first-order chi connectivity index (χ1) is 9.30. The number of nitrogens with zero attached hydrogens (tertiary/aromatic N) is 3. The molecular weight excluding hydrogens is 246 g/mol. The Balaban J connectivity index is 2.78. The summed E-state index contributed by atoms with van der Waals surface area (Å²) in [4.78, 5) is 12.3. The summed E-state index contributed by atoms with van der Waals surface area (Å²) >= 11 is 0. The molecule has 102 valence electrons. The SMILES string of the molecule is C=CCOC1=NC(OCC=C)=NC(OCC=C)=NC1. The maximum absolute atomic E-state index is 5.34. The Morgan fingerprint density at radius 2 is 1.42 bits per heavy atom. The minimum absolute atomic E-state index is 0.124. The summed E-state index contributed by atoms with van der Waals surface area (Å²) in [5.41, 5.74) is 0. The number of hydrogen-bond acceptors (Lipinski definition) is 6. The highest BCUT2D eigenvalue weighted by molar-refractivity contribution is 5.99. The lowest BCUT2D eigenvalue weighted by Crippen LogP contribution is -2.12. The molecular formula is C13H17N3O3. The normalized spacial score (nSPS) is 14.2. The minimum Gasteiger partial charge on any atom is -0.475 e. The maximum atomic E-state index is 5.34. The Morgan fingerprint density at radius 3 is 2.05 bits per heavy atom. The summed E-state index contributed by atoms with van der Waals surface area (Å²) in [5.74, 6) is 0.389. The van der Waals surface area contributed by atoms with Gasteiger partial charge in [-0.2, -0.15) is 4.99 Å². The number of rotatable bonds is 6. The smallest absolute Gasteiger partial charge is 0.324 e. The van der Waals surface area contributed by atoms with Crippen LogP contribution >= 0.6 is 0 Å². The number of aliphatic imine (C=N–C) groups is 3. The van der Waals surface area contributed by atoms with Crippen molar-refractivity contribution in [1.29, 1.82) is 0 Å². The average Bonchev–Trinajstić information content (AvgIpc) is 2.62. The van der Waals surface area contributed by atoms with Crippen molar-refractivity contribution < 1.29 is 14.2 Å². The van der Waals surface area contributed by atoms with Gasteiger partial charge in [0.1, 0.15) is 26.4 Å². The van der Waals surface area contributed by atoms with Gasteiger partial charge in [-0.1, -0.05) is 38.0 Å². The van der Waals surface area contributed by atoms with Gasteiger partial charge < -0.3 is 14.2 Å². The van der Waals surface area contributed by atoms with Crippen LogP contribution in [0.3, 0.4) is 0 Å². The van der Waals surface area contributed by atoms with Crippen molar-refractivity contribution in [2.75, 3.05) is 26.4 Å². The molecule has 0 N–H and O–H groups in total. The summed E-state index contributed by atoms with van der Waals surface area (Å²) < 4.78 is 15.9. The van der Waals surface area contributed by atoms with Crippen molar-refractivity contribution in [2.24, 2.45) is 15.0 Å². The molecule has 6 nitrogen and oxygen atoms in total. The standard InChI is InChI=1S/C13H17N3O3/c1-4-7-17-11-10-14-12(18-8-5-2)16-13(15-11)19-9-6-3/h4-6H,1-3,7-10H2. The molecule has 1 rings (SSSR count). The first kappa shape index (κ1) is 14.7. The molecule has 1 aliphatic rings. The maximum Gasteiger partial charge on any atom is 0.324 e. The van der Waals surface area contributed by atoms with Crippen molar-refractivity contribution >= 4 is 17.9 Å². The molecule has 0 saturated carbocycles. The van der Waals surface area contributed by atoms with Gasteiger partial charge in [0.15, 0.2) is 0 Å². The highest BCUT2D eigenvalue weighted by Gasteiger charge is 2.12. The molecule has 0 bridgehead atoms. The van der Waals surface area contributed by atoms with Gasteiger partial charge in [0.25, 0.3) is 0 Å². The van der Waals surface area contributed by atoms with Crippen molar-refractivity contribution in [3.8, 4) is 0 Å². The van der Waals surface area contributed by atoms with E-state index in [9.17, 15) is 0 Å². The van der Waals surface area contributed by atoms with Gasteiger partial charge in [0.05, 0.1) is 0 Å². The van der Waals surface area contributed by atoms with Crippen LogP contribution in [-0.4, -0.2) is 44.3 Å². The third-order valence-corrected chi connectivity index (χ3v) is 1.79. The summed E-state index contributed by atoms with van der Waals surface area (Å²) in [6, 6.07) is 0.305. The zero-order valence-electron chi connectivity index (χ0n) is 10.7. The van der Waals surface area contributed by atoms with E-state index in [-0.39, 0.29) is 25.2 Å². The van der Waals surface area contributed by atoms with Crippen LogP contribution in [0.15, 0.2) is 52.9 Å². The minimum atomic E-state index is 0.124. The molecule has 1 aliphatic heterocycles. The van der Waals surface area contributed by atoms with E-state index in [0.717, 1.165) is 0 Å². The lowest BCUT2D eigenvalue weighted by atomic mass is 10.6. The third kappa shape index (κ3) is 5.67. The lowest BCUT2D eigenvalue weighted by Gasteiger charge is -2.04. The molecule has 0 amide bonds. The average molecular weight is 263 g/mol. The molecule has 0 saturated heterocycles. The molecule has 6 heteroatoms. The van der Waals surface area contributed by atoms with Crippen molar-refractivity contribution in [1.82, 2.24) is 0 Å². The lowest BCUT2D eigenvalue weighted by molar-refractivity contribution is 0.327. The molecule has 0 aromatic heterocycles. The quantitative estimate of drug-likeness (QED) is 0.685. The molecule has 0 aromatic rings. The molecule has 0 spiro atoms. The van der Waals surface area contributed by atoms with E-state index in [4.69, 9.17) is 14.2 Å². The fourth-order valence-electron chi connectivity index (χ4n) is 1.06. The molecule has 19 heavy (non-hydrogen) atoms. The van der Waals surface area contributed by atoms with E-state index in [1.54, 1.807) is 18.2 Å². The van der Waals surface area contributed by atoms with Crippen LogP contribution in [0.2, 0.25) is 0 Å². The third-order valence-electron chi connectivity index (χ3n) is 1.79. The molecule has 0 aliphatic carbocycles. The second-order valence-electron chi connectivity index (χ2n) is 3.30. The number of amidine groups is 2.